The molecule has 2 rings (SSSR count). The lowest BCUT2D eigenvalue weighted by Crippen LogP contribution is -2.51. The molecule has 88 valence electrons. The highest BCUT2D eigenvalue weighted by Crippen LogP contribution is 2.27. The van der Waals surface area contributed by atoms with Gasteiger partial charge in [-0.15, -0.1) is 0 Å². The Kier molecular flexibility index (Phi) is 3.68. The monoisotopic (exact) mass is 210 g/mol. The number of rotatable bonds is 3. The number of likely N-dealkylation sites (tertiary alicyclic amines) is 1. The van der Waals surface area contributed by atoms with Crippen LogP contribution in [0.1, 0.15) is 46.5 Å². The molecule has 0 radical (unpaired) electrons. The Morgan fingerprint density at radius 1 is 1.07 bits per heavy atom. The smallest absolute Gasteiger partial charge is 0.00940 e. The van der Waals surface area contributed by atoms with Crippen molar-refractivity contribution in [3.05, 3.63) is 0 Å². The SMILES string of the molecule is CC1CC(NC2CCN(C(C)C)CC2)C1. The van der Waals surface area contributed by atoms with Crippen molar-refractivity contribution in [2.75, 3.05) is 13.1 Å². The molecular formula is C13H26N2. The number of piperidine rings is 1. The fourth-order valence-corrected chi connectivity index (χ4v) is 2.95. The zero-order chi connectivity index (χ0) is 10.8. The van der Waals surface area contributed by atoms with E-state index in [4.69, 9.17) is 0 Å². The highest BCUT2D eigenvalue weighted by atomic mass is 15.2. The Labute approximate surface area is 94.4 Å². The minimum Gasteiger partial charge on any atom is -0.311 e. The fourth-order valence-electron chi connectivity index (χ4n) is 2.95. The normalized spacial score (nSPS) is 34.4. The molecule has 1 heterocycles. The second-order valence-electron chi connectivity index (χ2n) is 5.84. The summed E-state index contributed by atoms with van der Waals surface area (Å²) in [5, 5.41) is 3.82. The first-order valence-corrected chi connectivity index (χ1v) is 6.65. The van der Waals surface area contributed by atoms with Gasteiger partial charge in [0.2, 0.25) is 0 Å². The Bertz CT molecular complexity index is 189. The van der Waals surface area contributed by atoms with E-state index in [2.05, 4.69) is 31.0 Å². The van der Waals surface area contributed by atoms with E-state index in [1.54, 1.807) is 0 Å². The molecular weight excluding hydrogens is 184 g/mol. The largest absolute Gasteiger partial charge is 0.311 e. The van der Waals surface area contributed by atoms with Gasteiger partial charge in [0.15, 0.2) is 0 Å². The molecule has 2 nitrogen and oxygen atoms in total. The van der Waals surface area contributed by atoms with Gasteiger partial charge in [0.05, 0.1) is 0 Å². The molecule has 1 aliphatic heterocycles. The Balaban J connectivity index is 1.65. The van der Waals surface area contributed by atoms with Crippen molar-refractivity contribution >= 4 is 0 Å². The van der Waals surface area contributed by atoms with Crippen molar-refractivity contribution in [3.8, 4) is 0 Å². The second-order valence-corrected chi connectivity index (χ2v) is 5.84. The van der Waals surface area contributed by atoms with Crippen LogP contribution in [0.4, 0.5) is 0 Å². The summed E-state index contributed by atoms with van der Waals surface area (Å²) < 4.78 is 0. The van der Waals surface area contributed by atoms with Crippen LogP contribution >= 0.6 is 0 Å². The summed E-state index contributed by atoms with van der Waals surface area (Å²) in [5.74, 6) is 0.971. The lowest BCUT2D eigenvalue weighted by atomic mass is 9.81. The van der Waals surface area contributed by atoms with E-state index >= 15 is 0 Å². The van der Waals surface area contributed by atoms with E-state index in [1.807, 2.05) is 0 Å². The number of hydrogen-bond donors (Lipinski definition) is 1. The fraction of sp³-hybridized carbons (Fsp3) is 1.00. The van der Waals surface area contributed by atoms with Gasteiger partial charge in [-0.05, 0) is 58.5 Å². The summed E-state index contributed by atoms with van der Waals surface area (Å²) in [6.07, 6.45) is 5.51. The molecule has 1 saturated heterocycles. The number of nitrogens with zero attached hydrogens (tertiary/aromatic N) is 1. The van der Waals surface area contributed by atoms with Crippen molar-refractivity contribution in [1.82, 2.24) is 10.2 Å². The molecule has 0 bridgehead atoms. The van der Waals surface area contributed by atoms with Gasteiger partial charge in [0.1, 0.15) is 0 Å². The molecule has 0 aromatic heterocycles. The average molecular weight is 210 g/mol. The van der Waals surface area contributed by atoms with Crippen LogP contribution in [0.25, 0.3) is 0 Å². The van der Waals surface area contributed by atoms with Crippen molar-refractivity contribution in [1.29, 1.82) is 0 Å². The predicted molar refractivity (Wildman–Crippen MR) is 65.1 cm³/mol. The van der Waals surface area contributed by atoms with E-state index in [1.165, 1.54) is 38.8 Å². The van der Waals surface area contributed by atoms with E-state index in [0.29, 0.717) is 0 Å². The molecule has 0 atom stereocenters. The Morgan fingerprint density at radius 2 is 1.67 bits per heavy atom. The quantitative estimate of drug-likeness (QED) is 0.768. The van der Waals surface area contributed by atoms with Crippen LogP contribution in [0, 0.1) is 5.92 Å². The minimum atomic E-state index is 0.731. The first-order valence-electron chi connectivity index (χ1n) is 6.65. The standard InChI is InChI=1S/C13H26N2/c1-10(2)15-6-4-12(5-7-15)14-13-8-11(3)9-13/h10-14H,4-9H2,1-3H3. The maximum atomic E-state index is 3.82. The average Bonchev–Trinajstić information content (AvgIpc) is 2.16. The highest BCUT2D eigenvalue weighted by Gasteiger charge is 2.29. The third-order valence-corrected chi connectivity index (χ3v) is 4.11. The molecule has 1 saturated carbocycles. The topological polar surface area (TPSA) is 15.3 Å². The van der Waals surface area contributed by atoms with Crippen molar-refractivity contribution in [2.24, 2.45) is 5.92 Å². The Hall–Kier alpha value is -0.0800. The molecule has 15 heavy (non-hydrogen) atoms. The minimum absolute atomic E-state index is 0.731. The molecule has 2 fully saturated rings. The van der Waals surface area contributed by atoms with Crippen LogP contribution in [0.5, 0.6) is 0 Å². The summed E-state index contributed by atoms with van der Waals surface area (Å²) in [6, 6.07) is 2.38. The maximum Gasteiger partial charge on any atom is 0.00940 e. The van der Waals surface area contributed by atoms with E-state index in [0.717, 1.165) is 24.0 Å². The predicted octanol–water partition coefficient (Wildman–Crippen LogP) is 2.25. The third kappa shape index (κ3) is 2.94. The van der Waals surface area contributed by atoms with Gasteiger partial charge in [-0.25, -0.2) is 0 Å². The maximum absolute atomic E-state index is 3.82. The van der Waals surface area contributed by atoms with Gasteiger partial charge >= 0.3 is 0 Å². The molecule has 2 heteroatoms. The van der Waals surface area contributed by atoms with Crippen LogP contribution in [0.15, 0.2) is 0 Å². The Morgan fingerprint density at radius 3 is 2.13 bits per heavy atom. The molecule has 0 amide bonds. The molecule has 0 aromatic rings. The van der Waals surface area contributed by atoms with Gasteiger partial charge in [0, 0.05) is 18.1 Å². The van der Waals surface area contributed by atoms with Crippen molar-refractivity contribution in [2.45, 2.75) is 64.6 Å². The van der Waals surface area contributed by atoms with Crippen LogP contribution in [-0.4, -0.2) is 36.1 Å². The summed E-state index contributed by atoms with van der Waals surface area (Å²) in [5.41, 5.74) is 0. The molecule has 1 N–H and O–H groups in total. The zero-order valence-electron chi connectivity index (χ0n) is 10.5. The lowest BCUT2D eigenvalue weighted by molar-refractivity contribution is 0.137. The molecule has 2 aliphatic rings. The van der Waals surface area contributed by atoms with Crippen LogP contribution in [0.3, 0.4) is 0 Å². The summed E-state index contributed by atoms with van der Waals surface area (Å²) in [4.78, 5) is 2.60. The zero-order valence-corrected chi connectivity index (χ0v) is 10.5. The molecule has 0 aromatic carbocycles. The van der Waals surface area contributed by atoms with Gasteiger partial charge in [-0.3, -0.25) is 0 Å². The highest BCUT2D eigenvalue weighted by molar-refractivity contribution is 4.87. The summed E-state index contributed by atoms with van der Waals surface area (Å²) in [7, 11) is 0. The van der Waals surface area contributed by atoms with Crippen molar-refractivity contribution < 1.29 is 0 Å². The van der Waals surface area contributed by atoms with E-state index in [-0.39, 0.29) is 0 Å². The van der Waals surface area contributed by atoms with Crippen molar-refractivity contribution in [3.63, 3.8) is 0 Å². The van der Waals surface area contributed by atoms with Gasteiger partial charge in [0.25, 0.3) is 0 Å². The molecule has 1 aliphatic carbocycles. The summed E-state index contributed by atoms with van der Waals surface area (Å²) in [6.45, 7) is 9.55. The summed E-state index contributed by atoms with van der Waals surface area (Å²) >= 11 is 0. The second kappa shape index (κ2) is 4.84. The van der Waals surface area contributed by atoms with Crippen LogP contribution in [-0.2, 0) is 0 Å². The third-order valence-electron chi connectivity index (χ3n) is 4.11. The first kappa shape index (κ1) is 11.4. The van der Waals surface area contributed by atoms with E-state index < -0.39 is 0 Å². The van der Waals surface area contributed by atoms with Gasteiger partial charge < -0.3 is 10.2 Å². The van der Waals surface area contributed by atoms with E-state index in [9.17, 15) is 0 Å². The molecule has 0 unspecified atom stereocenters. The molecule has 0 spiro atoms. The number of nitrogens with one attached hydrogen (secondary N) is 1. The first-order chi connectivity index (χ1) is 7.15. The van der Waals surface area contributed by atoms with Crippen LogP contribution < -0.4 is 5.32 Å². The van der Waals surface area contributed by atoms with Gasteiger partial charge in [-0.2, -0.15) is 0 Å². The number of hydrogen-bond acceptors (Lipinski definition) is 2. The van der Waals surface area contributed by atoms with Crippen LogP contribution in [0.2, 0.25) is 0 Å². The van der Waals surface area contributed by atoms with Gasteiger partial charge in [-0.1, -0.05) is 6.92 Å². The lowest BCUT2D eigenvalue weighted by Gasteiger charge is -2.40.